The summed E-state index contributed by atoms with van der Waals surface area (Å²) in [5.74, 6) is 0.304. The van der Waals surface area contributed by atoms with Gasteiger partial charge in [0.25, 0.3) is 5.69 Å². The number of anilines is 1. The lowest BCUT2D eigenvalue weighted by Gasteiger charge is -2.35. The van der Waals surface area contributed by atoms with Gasteiger partial charge < -0.3 is 4.90 Å². The summed E-state index contributed by atoms with van der Waals surface area (Å²) in [6, 6.07) is 16.3. The molecule has 6 nitrogen and oxygen atoms in total. The zero-order valence-electron chi connectivity index (χ0n) is 18.6. The molecule has 34 heavy (non-hydrogen) atoms. The van der Waals surface area contributed by atoms with E-state index in [1.807, 2.05) is 0 Å². The number of rotatable bonds is 8. The number of pyridine rings is 1. The van der Waals surface area contributed by atoms with E-state index < -0.39 is 4.92 Å². The molecule has 0 N–H and O–H groups in total. The molecule has 0 amide bonds. The Bertz CT molecular complexity index is 1010. The van der Waals surface area contributed by atoms with E-state index in [9.17, 15) is 18.9 Å². The lowest BCUT2D eigenvalue weighted by atomic mass is 9.87. The fourth-order valence-corrected chi connectivity index (χ4v) is 4.31. The van der Waals surface area contributed by atoms with Crippen LogP contribution in [0.1, 0.15) is 29.9 Å². The third-order valence-electron chi connectivity index (χ3n) is 6.15. The molecular formula is C25H27ClF2N4O2. The first-order chi connectivity index (χ1) is 16.0. The Morgan fingerprint density at radius 3 is 1.91 bits per heavy atom. The highest BCUT2D eigenvalue weighted by Gasteiger charge is 2.20. The first-order valence-electron chi connectivity index (χ1n) is 11.1. The molecule has 1 aliphatic rings. The van der Waals surface area contributed by atoms with Crippen LogP contribution in [0.5, 0.6) is 0 Å². The average Bonchev–Trinajstić information content (AvgIpc) is 2.84. The Kier molecular flexibility index (Phi) is 8.90. The number of nitro groups is 1. The minimum Gasteiger partial charge on any atom is -0.354 e. The van der Waals surface area contributed by atoms with Crippen molar-refractivity contribution in [1.82, 2.24) is 9.88 Å². The SMILES string of the molecule is Cl.O=[N+]([O-])c1ccc(N2CCN(CCCC(c3ccc(F)cc3)c3ccc(F)cc3)CC2)nc1. The first kappa shape index (κ1) is 25.5. The molecule has 1 saturated heterocycles. The second-order valence-corrected chi connectivity index (χ2v) is 8.26. The van der Waals surface area contributed by atoms with Crippen molar-refractivity contribution in [2.45, 2.75) is 18.8 Å². The summed E-state index contributed by atoms with van der Waals surface area (Å²) in [7, 11) is 0. The van der Waals surface area contributed by atoms with Crippen molar-refractivity contribution >= 4 is 23.9 Å². The van der Waals surface area contributed by atoms with Crippen LogP contribution in [0.2, 0.25) is 0 Å². The lowest BCUT2D eigenvalue weighted by Crippen LogP contribution is -2.46. The fourth-order valence-electron chi connectivity index (χ4n) is 4.31. The van der Waals surface area contributed by atoms with Crippen LogP contribution in [-0.2, 0) is 0 Å². The number of nitrogens with zero attached hydrogens (tertiary/aromatic N) is 4. The van der Waals surface area contributed by atoms with Crippen molar-refractivity contribution in [3.63, 3.8) is 0 Å². The highest BCUT2D eigenvalue weighted by atomic mass is 35.5. The number of hydrogen-bond donors (Lipinski definition) is 0. The van der Waals surface area contributed by atoms with Crippen molar-refractivity contribution in [3.8, 4) is 0 Å². The van der Waals surface area contributed by atoms with E-state index in [1.54, 1.807) is 30.3 Å². The molecule has 0 radical (unpaired) electrons. The molecule has 0 saturated carbocycles. The van der Waals surface area contributed by atoms with E-state index in [1.165, 1.54) is 36.5 Å². The van der Waals surface area contributed by atoms with Gasteiger partial charge in [0.15, 0.2) is 0 Å². The van der Waals surface area contributed by atoms with E-state index in [2.05, 4.69) is 14.8 Å². The van der Waals surface area contributed by atoms with Crippen LogP contribution in [-0.4, -0.2) is 47.5 Å². The summed E-state index contributed by atoms with van der Waals surface area (Å²) >= 11 is 0. The third kappa shape index (κ3) is 6.48. The van der Waals surface area contributed by atoms with Crippen LogP contribution in [0.4, 0.5) is 20.3 Å². The number of piperazine rings is 1. The smallest absolute Gasteiger partial charge is 0.287 e. The van der Waals surface area contributed by atoms with Gasteiger partial charge in [0.2, 0.25) is 0 Å². The van der Waals surface area contributed by atoms with E-state index >= 15 is 0 Å². The predicted molar refractivity (Wildman–Crippen MR) is 131 cm³/mol. The van der Waals surface area contributed by atoms with Crippen LogP contribution in [0.3, 0.4) is 0 Å². The molecule has 9 heteroatoms. The normalized spacial score (nSPS) is 14.1. The van der Waals surface area contributed by atoms with E-state index in [0.29, 0.717) is 0 Å². The summed E-state index contributed by atoms with van der Waals surface area (Å²) in [6.07, 6.45) is 3.13. The minimum absolute atomic E-state index is 0. The molecule has 180 valence electrons. The third-order valence-corrected chi connectivity index (χ3v) is 6.15. The highest BCUT2D eigenvalue weighted by molar-refractivity contribution is 5.85. The van der Waals surface area contributed by atoms with Gasteiger partial charge in [0, 0.05) is 38.2 Å². The number of benzene rings is 2. The van der Waals surface area contributed by atoms with Crippen LogP contribution >= 0.6 is 12.4 Å². The monoisotopic (exact) mass is 488 g/mol. The van der Waals surface area contributed by atoms with Crippen molar-refractivity contribution in [1.29, 1.82) is 0 Å². The van der Waals surface area contributed by atoms with Gasteiger partial charge in [-0.15, -0.1) is 12.4 Å². The molecule has 0 aliphatic carbocycles. The van der Waals surface area contributed by atoms with Gasteiger partial charge >= 0.3 is 0 Å². The Morgan fingerprint density at radius 2 is 1.44 bits per heavy atom. The zero-order valence-corrected chi connectivity index (χ0v) is 19.5. The van der Waals surface area contributed by atoms with E-state index in [-0.39, 0.29) is 35.6 Å². The second-order valence-electron chi connectivity index (χ2n) is 8.26. The molecular weight excluding hydrogens is 462 g/mol. The van der Waals surface area contributed by atoms with Crippen molar-refractivity contribution in [2.75, 3.05) is 37.6 Å². The molecule has 1 aromatic heterocycles. The molecule has 3 aromatic rings. The minimum atomic E-state index is -0.445. The fraction of sp³-hybridized carbons (Fsp3) is 0.320. The molecule has 2 heterocycles. The van der Waals surface area contributed by atoms with Crippen LogP contribution in [0, 0.1) is 21.7 Å². The number of halogens is 3. The zero-order chi connectivity index (χ0) is 23.2. The Labute approximate surface area is 203 Å². The lowest BCUT2D eigenvalue weighted by molar-refractivity contribution is -0.385. The summed E-state index contributed by atoms with van der Waals surface area (Å²) in [5, 5.41) is 10.8. The quantitative estimate of drug-likeness (QED) is 0.313. The number of aromatic nitrogens is 1. The van der Waals surface area contributed by atoms with Gasteiger partial charge in [-0.3, -0.25) is 15.0 Å². The second kappa shape index (κ2) is 11.9. The van der Waals surface area contributed by atoms with Gasteiger partial charge in [-0.1, -0.05) is 24.3 Å². The molecule has 0 spiro atoms. The van der Waals surface area contributed by atoms with Gasteiger partial charge in [-0.05, 0) is 60.8 Å². The number of hydrogen-bond acceptors (Lipinski definition) is 5. The average molecular weight is 489 g/mol. The van der Waals surface area contributed by atoms with Gasteiger partial charge in [-0.25, -0.2) is 13.8 Å². The maximum absolute atomic E-state index is 13.4. The van der Waals surface area contributed by atoms with E-state index in [0.717, 1.165) is 62.5 Å². The molecule has 1 aliphatic heterocycles. The Morgan fingerprint density at radius 1 is 0.882 bits per heavy atom. The topological polar surface area (TPSA) is 62.5 Å². The predicted octanol–water partition coefficient (Wildman–Crippen LogP) is 5.42. The summed E-state index contributed by atoms with van der Waals surface area (Å²) in [6.45, 7) is 4.32. The van der Waals surface area contributed by atoms with Gasteiger partial charge in [-0.2, -0.15) is 0 Å². The Hall–Kier alpha value is -3.10. The molecule has 0 atom stereocenters. The largest absolute Gasteiger partial charge is 0.354 e. The van der Waals surface area contributed by atoms with Crippen LogP contribution in [0.15, 0.2) is 66.9 Å². The van der Waals surface area contributed by atoms with Crippen molar-refractivity contribution in [3.05, 3.63) is 99.7 Å². The highest BCUT2D eigenvalue weighted by Crippen LogP contribution is 2.30. The van der Waals surface area contributed by atoms with Gasteiger partial charge in [0.1, 0.15) is 23.6 Å². The maximum atomic E-state index is 13.4. The Balaban J connectivity index is 0.00000324. The van der Waals surface area contributed by atoms with Crippen LogP contribution in [0.25, 0.3) is 0 Å². The first-order valence-corrected chi connectivity index (χ1v) is 11.1. The van der Waals surface area contributed by atoms with Gasteiger partial charge in [0.05, 0.1) is 4.92 Å². The van der Waals surface area contributed by atoms with Crippen molar-refractivity contribution in [2.24, 2.45) is 0 Å². The molecule has 0 bridgehead atoms. The summed E-state index contributed by atoms with van der Waals surface area (Å²) in [4.78, 5) is 19.1. The molecule has 1 fully saturated rings. The maximum Gasteiger partial charge on any atom is 0.287 e. The molecule has 4 rings (SSSR count). The van der Waals surface area contributed by atoms with E-state index in [4.69, 9.17) is 0 Å². The van der Waals surface area contributed by atoms with Crippen molar-refractivity contribution < 1.29 is 13.7 Å². The summed E-state index contributed by atoms with van der Waals surface area (Å²) in [5.41, 5.74) is 2.04. The molecule has 0 unspecified atom stereocenters. The summed E-state index contributed by atoms with van der Waals surface area (Å²) < 4.78 is 26.8. The molecule has 2 aromatic carbocycles. The standard InChI is InChI=1S/C25H26F2N4O2.ClH/c26-21-7-3-19(4-8-21)24(20-5-9-22(27)10-6-20)2-1-13-29-14-16-30(17-15-29)25-12-11-23(18-28-25)31(32)33;/h3-12,18,24H,1-2,13-17H2;1H. The van der Waals surface area contributed by atoms with Crippen LogP contribution < -0.4 is 4.90 Å².